The number of hydrogen-bond donors (Lipinski definition) is 2. The lowest BCUT2D eigenvalue weighted by Gasteiger charge is -2.40. The first kappa shape index (κ1) is 14.3. The zero-order valence-corrected chi connectivity index (χ0v) is 12.3. The van der Waals surface area contributed by atoms with E-state index in [1.54, 1.807) is 0 Å². The molecule has 2 nitrogen and oxygen atoms in total. The molecular formula is C16H31NO. The van der Waals surface area contributed by atoms with Gasteiger partial charge in [-0.2, -0.15) is 0 Å². The molecule has 2 fully saturated rings. The van der Waals surface area contributed by atoms with Gasteiger partial charge in [0.1, 0.15) is 0 Å². The van der Waals surface area contributed by atoms with E-state index in [0.29, 0.717) is 6.61 Å². The Bertz CT molecular complexity index is 251. The maximum atomic E-state index is 9.07. The summed E-state index contributed by atoms with van der Waals surface area (Å²) in [6.45, 7) is 5.87. The number of aliphatic hydroxyl groups excluding tert-OH is 1. The van der Waals surface area contributed by atoms with Crippen LogP contribution in [0.2, 0.25) is 0 Å². The highest BCUT2D eigenvalue weighted by atomic mass is 16.3. The van der Waals surface area contributed by atoms with Crippen molar-refractivity contribution in [3.63, 3.8) is 0 Å². The van der Waals surface area contributed by atoms with E-state index in [1.807, 2.05) is 0 Å². The van der Waals surface area contributed by atoms with E-state index >= 15 is 0 Å². The smallest absolute Gasteiger partial charge is 0.0436 e. The van der Waals surface area contributed by atoms with Crippen LogP contribution in [0.3, 0.4) is 0 Å². The summed E-state index contributed by atoms with van der Waals surface area (Å²) in [6, 6.07) is 0.738. The van der Waals surface area contributed by atoms with Gasteiger partial charge in [-0.3, -0.25) is 0 Å². The van der Waals surface area contributed by atoms with Crippen molar-refractivity contribution in [2.45, 2.75) is 71.3 Å². The van der Waals surface area contributed by atoms with Crippen molar-refractivity contribution in [1.29, 1.82) is 0 Å². The Morgan fingerprint density at radius 1 is 1.06 bits per heavy atom. The summed E-state index contributed by atoms with van der Waals surface area (Å²) >= 11 is 0. The summed E-state index contributed by atoms with van der Waals surface area (Å²) in [7, 11) is 0. The summed E-state index contributed by atoms with van der Waals surface area (Å²) < 4.78 is 0. The maximum Gasteiger partial charge on any atom is 0.0436 e. The molecule has 0 aromatic heterocycles. The number of hydrogen-bond acceptors (Lipinski definition) is 2. The molecule has 0 spiro atoms. The molecule has 0 bridgehead atoms. The van der Waals surface area contributed by atoms with E-state index in [1.165, 1.54) is 44.9 Å². The Morgan fingerprint density at radius 2 is 1.78 bits per heavy atom. The van der Waals surface area contributed by atoms with Crippen LogP contribution >= 0.6 is 0 Å². The largest absolute Gasteiger partial charge is 0.396 e. The fourth-order valence-electron chi connectivity index (χ4n) is 3.87. The highest BCUT2D eigenvalue weighted by Gasteiger charge is 2.32. The van der Waals surface area contributed by atoms with Crippen LogP contribution in [0.5, 0.6) is 0 Å². The van der Waals surface area contributed by atoms with Crippen LogP contribution in [0.25, 0.3) is 0 Å². The quantitative estimate of drug-likeness (QED) is 0.787. The Hall–Kier alpha value is -0.0800. The Morgan fingerprint density at radius 3 is 2.50 bits per heavy atom. The molecule has 0 amide bonds. The SMILES string of the molecule is CC(C)(CCO)CNC1CCC2CCCCC2C1. The van der Waals surface area contributed by atoms with E-state index in [-0.39, 0.29) is 5.41 Å². The summed E-state index contributed by atoms with van der Waals surface area (Å²) in [5.41, 5.74) is 0.234. The third-order valence-electron chi connectivity index (χ3n) is 5.20. The third-order valence-corrected chi connectivity index (χ3v) is 5.20. The normalized spacial score (nSPS) is 33.2. The van der Waals surface area contributed by atoms with Crippen LogP contribution in [0, 0.1) is 17.3 Å². The van der Waals surface area contributed by atoms with Gasteiger partial charge in [0.05, 0.1) is 0 Å². The van der Waals surface area contributed by atoms with Crippen molar-refractivity contribution in [3.05, 3.63) is 0 Å². The molecule has 0 radical (unpaired) electrons. The van der Waals surface area contributed by atoms with Crippen molar-refractivity contribution in [1.82, 2.24) is 5.32 Å². The number of nitrogens with one attached hydrogen (secondary N) is 1. The molecule has 0 heterocycles. The standard InChI is InChI=1S/C16H31NO/c1-16(2,9-10-18)12-17-15-8-7-13-5-3-4-6-14(13)11-15/h13-15,17-18H,3-12H2,1-2H3. The molecule has 3 unspecified atom stereocenters. The molecule has 0 saturated heterocycles. The lowest BCUT2D eigenvalue weighted by atomic mass is 9.69. The average molecular weight is 253 g/mol. The second-order valence-electron chi connectivity index (χ2n) is 7.33. The fourth-order valence-corrected chi connectivity index (χ4v) is 3.87. The zero-order valence-electron chi connectivity index (χ0n) is 12.3. The van der Waals surface area contributed by atoms with Gasteiger partial charge in [-0.15, -0.1) is 0 Å². The van der Waals surface area contributed by atoms with Crippen molar-refractivity contribution in [2.24, 2.45) is 17.3 Å². The van der Waals surface area contributed by atoms with Crippen LogP contribution in [0.4, 0.5) is 0 Å². The van der Waals surface area contributed by atoms with Crippen LogP contribution in [0.1, 0.15) is 65.2 Å². The van der Waals surface area contributed by atoms with Gasteiger partial charge >= 0.3 is 0 Å². The lowest BCUT2D eigenvalue weighted by molar-refractivity contribution is 0.133. The van der Waals surface area contributed by atoms with Gasteiger partial charge in [0, 0.05) is 19.2 Å². The average Bonchev–Trinajstić information content (AvgIpc) is 2.36. The third kappa shape index (κ3) is 3.96. The molecule has 2 rings (SSSR count). The van der Waals surface area contributed by atoms with Crippen molar-refractivity contribution >= 4 is 0 Å². The van der Waals surface area contributed by atoms with E-state index in [9.17, 15) is 0 Å². The molecule has 2 heteroatoms. The monoisotopic (exact) mass is 253 g/mol. The minimum absolute atomic E-state index is 0.234. The first-order valence-electron chi connectivity index (χ1n) is 7.95. The van der Waals surface area contributed by atoms with Crippen molar-refractivity contribution in [2.75, 3.05) is 13.2 Å². The number of aliphatic hydroxyl groups is 1. The molecule has 2 N–H and O–H groups in total. The second kappa shape index (κ2) is 6.38. The van der Waals surface area contributed by atoms with E-state index in [4.69, 9.17) is 5.11 Å². The van der Waals surface area contributed by atoms with Crippen molar-refractivity contribution < 1.29 is 5.11 Å². The summed E-state index contributed by atoms with van der Waals surface area (Å²) in [6.07, 6.45) is 11.0. The lowest BCUT2D eigenvalue weighted by Crippen LogP contribution is -2.42. The molecule has 0 aromatic rings. The van der Waals surface area contributed by atoms with Gasteiger partial charge in [0.2, 0.25) is 0 Å². The zero-order chi connectivity index (χ0) is 13.0. The summed E-state index contributed by atoms with van der Waals surface area (Å²) in [5, 5.41) is 12.8. The minimum atomic E-state index is 0.234. The molecule has 2 saturated carbocycles. The topological polar surface area (TPSA) is 32.3 Å². The molecule has 2 aliphatic rings. The Kier molecular flexibility index (Phi) is 5.08. The van der Waals surface area contributed by atoms with Crippen LogP contribution in [0.15, 0.2) is 0 Å². The predicted octanol–water partition coefficient (Wildman–Crippen LogP) is 3.34. The number of fused-ring (bicyclic) bond motifs is 1. The summed E-state index contributed by atoms with van der Waals surface area (Å²) in [4.78, 5) is 0. The van der Waals surface area contributed by atoms with Gasteiger partial charge in [0.25, 0.3) is 0 Å². The Labute approximate surface area is 113 Å². The highest BCUT2D eigenvalue weighted by Crippen LogP contribution is 2.40. The minimum Gasteiger partial charge on any atom is -0.396 e. The fraction of sp³-hybridized carbons (Fsp3) is 1.00. The van der Waals surface area contributed by atoms with Gasteiger partial charge < -0.3 is 10.4 Å². The molecule has 2 aliphatic carbocycles. The van der Waals surface area contributed by atoms with E-state index < -0.39 is 0 Å². The first-order valence-corrected chi connectivity index (χ1v) is 7.95. The van der Waals surface area contributed by atoms with E-state index in [2.05, 4.69) is 19.2 Å². The molecular weight excluding hydrogens is 222 g/mol. The van der Waals surface area contributed by atoms with E-state index in [0.717, 1.165) is 30.8 Å². The van der Waals surface area contributed by atoms with Gasteiger partial charge in [0.15, 0.2) is 0 Å². The molecule has 18 heavy (non-hydrogen) atoms. The Balaban J connectivity index is 1.74. The first-order chi connectivity index (χ1) is 8.61. The molecule has 106 valence electrons. The highest BCUT2D eigenvalue weighted by molar-refractivity contribution is 4.87. The molecule has 0 aromatic carbocycles. The molecule has 3 atom stereocenters. The maximum absolute atomic E-state index is 9.07. The van der Waals surface area contributed by atoms with Gasteiger partial charge in [-0.1, -0.05) is 39.5 Å². The van der Waals surface area contributed by atoms with Gasteiger partial charge in [-0.05, 0) is 42.9 Å². The van der Waals surface area contributed by atoms with Crippen LogP contribution in [-0.2, 0) is 0 Å². The van der Waals surface area contributed by atoms with Gasteiger partial charge in [-0.25, -0.2) is 0 Å². The molecule has 0 aliphatic heterocycles. The second-order valence-corrected chi connectivity index (χ2v) is 7.33. The van der Waals surface area contributed by atoms with Crippen molar-refractivity contribution in [3.8, 4) is 0 Å². The number of rotatable bonds is 5. The van der Waals surface area contributed by atoms with Crippen LogP contribution < -0.4 is 5.32 Å². The van der Waals surface area contributed by atoms with Crippen LogP contribution in [-0.4, -0.2) is 24.3 Å². The predicted molar refractivity (Wildman–Crippen MR) is 76.6 cm³/mol. The summed E-state index contributed by atoms with van der Waals surface area (Å²) in [5.74, 6) is 2.05.